The van der Waals surface area contributed by atoms with E-state index in [9.17, 15) is 0 Å². The molecule has 0 unspecified atom stereocenters. The van der Waals surface area contributed by atoms with Crippen molar-refractivity contribution in [3.63, 3.8) is 0 Å². The van der Waals surface area contributed by atoms with Gasteiger partial charge in [-0.2, -0.15) is 0 Å². The first-order chi connectivity index (χ1) is 26.8. The Kier molecular flexibility index (Phi) is 7.01. The highest BCUT2D eigenvalue weighted by Crippen LogP contribution is 2.64. The number of fused-ring (bicyclic) bond motifs is 10. The van der Waals surface area contributed by atoms with Crippen molar-refractivity contribution >= 4 is 22.5 Å². The summed E-state index contributed by atoms with van der Waals surface area (Å²) in [5.41, 5.74) is 12.3. The Morgan fingerprint density at radius 1 is 0.352 bits per heavy atom. The van der Waals surface area contributed by atoms with Crippen molar-refractivity contribution in [2.45, 2.75) is 15.2 Å². The zero-order valence-corrected chi connectivity index (χ0v) is 30.0. The SMILES string of the molecule is c1ccc(-c2ccc(-c3nc(-c4ccccc4)nc(-c4c5c(cc6ccccc46)C4(c6ccccc6Sc6ccccc64)c4ccccc4-5)n3)cc2)cc1. The topological polar surface area (TPSA) is 38.7 Å². The van der Waals surface area contributed by atoms with Gasteiger partial charge in [-0.1, -0.05) is 182 Å². The minimum Gasteiger partial charge on any atom is -0.208 e. The third kappa shape index (κ3) is 4.60. The Labute approximate surface area is 318 Å². The lowest BCUT2D eigenvalue weighted by Crippen LogP contribution is -2.32. The summed E-state index contributed by atoms with van der Waals surface area (Å²) >= 11 is 1.86. The standard InChI is InChI=1S/C50H31N3S/c1-3-15-32(16-4-1)33-27-29-35(30-28-33)48-51-47(34-17-5-2-6-18-34)52-49(53-48)46-37-20-8-7-19-36(37)31-42-45(46)38-21-9-10-22-39(38)50(42)40-23-11-13-25-43(40)54-44-26-14-12-24-41(44)50/h1-31H. The van der Waals surface area contributed by atoms with Crippen LogP contribution in [0.4, 0.5) is 0 Å². The molecule has 8 aromatic carbocycles. The molecular formula is C50H31N3S. The lowest BCUT2D eigenvalue weighted by atomic mass is 9.67. The van der Waals surface area contributed by atoms with E-state index < -0.39 is 5.41 Å². The summed E-state index contributed by atoms with van der Waals surface area (Å²) in [6.45, 7) is 0. The Balaban J connectivity index is 1.23. The van der Waals surface area contributed by atoms with Crippen LogP contribution < -0.4 is 0 Å². The van der Waals surface area contributed by atoms with Gasteiger partial charge in [0.05, 0.1) is 5.41 Å². The van der Waals surface area contributed by atoms with E-state index in [1.807, 2.05) is 36.0 Å². The second-order valence-corrected chi connectivity index (χ2v) is 15.0. The highest BCUT2D eigenvalue weighted by atomic mass is 32.2. The van der Waals surface area contributed by atoms with Gasteiger partial charge in [-0.3, -0.25) is 0 Å². The zero-order chi connectivity index (χ0) is 35.6. The fraction of sp³-hybridized carbons (Fsp3) is 0.0200. The molecule has 0 amide bonds. The van der Waals surface area contributed by atoms with E-state index in [0.717, 1.165) is 33.0 Å². The fourth-order valence-electron chi connectivity index (χ4n) is 8.68. The van der Waals surface area contributed by atoms with Crippen molar-refractivity contribution in [1.29, 1.82) is 0 Å². The number of hydrogen-bond donors (Lipinski definition) is 0. The second-order valence-electron chi connectivity index (χ2n) is 13.9. The molecule has 3 nitrogen and oxygen atoms in total. The summed E-state index contributed by atoms with van der Waals surface area (Å²) < 4.78 is 0. The molecule has 1 aliphatic carbocycles. The fourth-order valence-corrected chi connectivity index (χ4v) is 9.87. The summed E-state index contributed by atoms with van der Waals surface area (Å²) in [5.74, 6) is 1.96. The van der Waals surface area contributed by atoms with Crippen LogP contribution in [0.2, 0.25) is 0 Å². The quantitative estimate of drug-likeness (QED) is 0.183. The maximum absolute atomic E-state index is 5.40. The van der Waals surface area contributed by atoms with Gasteiger partial charge in [-0.25, -0.2) is 15.0 Å². The van der Waals surface area contributed by atoms with Gasteiger partial charge < -0.3 is 0 Å². The van der Waals surface area contributed by atoms with Gasteiger partial charge in [0.25, 0.3) is 0 Å². The van der Waals surface area contributed by atoms with Gasteiger partial charge >= 0.3 is 0 Å². The molecule has 2 aliphatic rings. The average molecular weight is 706 g/mol. The molecule has 252 valence electrons. The number of rotatable bonds is 4. The van der Waals surface area contributed by atoms with Crippen LogP contribution in [0.3, 0.4) is 0 Å². The van der Waals surface area contributed by atoms with E-state index in [-0.39, 0.29) is 0 Å². The van der Waals surface area contributed by atoms with Crippen molar-refractivity contribution in [2.24, 2.45) is 0 Å². The van der Waals surface area contributed by atoms with Crippen LogP contribution in [-0.4, -0.2) is 15.0 Å². The van der Waals surface area contributed by atoms with Crippen LogP contribution in [-0.2, 0) is 5.41 Å². The first kappa shape index (κ1) is 31.0. The van der Waals surface area contributed by atoms with Gasteiger partial charge in [0, 0.05) is 26.5 Å². The van der Waals surface area contributed by atoms with Crippen LogP contribution in [0.15, 0.2) is 198 Å². The second kappa shape index (κ2) is 12.2. The Morgan fingerprint density at radius 2 is 0.833 bits per heavy atom. The number of hydrogen-bond acceptors (Lipinski definition) is 4. The van der Waals surface area contributed by atoms with E-state index in [0.29, 0.717) is 17.5 Å². The first-order valence-electron chi connectivity index (χ1n) is 18.3. The molecule has 0 atom stereocenters. The maximum Gasteiger partial charge on any atom is 0.165 e. The van der Waals surface area contributed by atoms with E-state index >= 15 is 0 Å². The average Bonchev–Trinajstić information content (AvgIpc) is 3.53. The maximum atomic E-state index is 5.40. The molecule has 9 aromatic rings. The van der Waals surface area contributed by atoms with Crippen molar-refractivity contribution in [1.82, 2.24) is 15.0 Å². The molecule has 1 aliphatic heterocycles. The highest BCUT2D eigenvalue weighted by molar-refractivity contribution is 7.99. The van der Waals surface area contributed by atoms with Crippen LogP contribution in [0.1, 0.15) is 22.3 Å². The van der Waals surface area contributed by atoms with Crippen molar-refractivity contribution in [3.8, 4) is 56.4 Å². The zero-order valence-electron chi connectivity index (χ0n) is 29.1. The number of benzene rings is 8. The van der Waals surface area contributed by atoms with Gasteiger partial charge in [0.15, 0.2) is 17.5 Å². The molecule has 1 aromatic heterocycles. The molecule has 0 saturated heterocycles. The minimum absolute atomic E-state index is 0.519. The molecule has 0 fully saturated rings. The summed E-state index contributed by atoms with van der Waals surface area (Å²) in [6, 6.07) is 67.3. The summed E-state index contributed by atoms with van der Waals surface area (Å²) in [4.78, 5) is 18.5. The van der Waals surface area contributed by atoms with E-state index in [2.05, 4.69) is 164 Å². The molecule has 1 spiro atoms. The third-order valence-electron chi connectivity index (χ3n) is 11.0. The largest absolute Gasteiger partial charge is 0.208 e. The summed E-state index contributed by atoms with van der Waals surface area (Å²) in [5, 5.41) is 2.27. The normalized spacial score (nSPS) is 13.3. The molecule has 0 saturated carbocycles. The molecule has 11 rings (SSSR count). The molecule has 4 heteroatoms. The van der Waals surface area contributed by atoms with Gasteiger partial charge in [0.1, 0.15) is 0 Å². The lowest BCUT2D eigenvalue weighted by molar-refractivity contribution is 0.723. The van der Waals surface area contributed by atoms with Crippen LogP contribution in [0, 0.1) is 0 Å². The number of aromatic nitrogens is 3. The molecule has 2 heterocycles. The van der Waals surface area contributed by atoms with Crippen molar-refractivity contribution in [3.05, 3.63) is 210 Å². The molecule has 0 radical (unpaired) electrons. The van der Waals surface area contributed by atoms with Crippen LogP contribution in [0.25, 0.3) is 67.2 Å². The van der Waals surface area contributed by atoms with Gasteiger partial charge in [-0.05, 0) is 73.5 Å². The van der Waals surface area contributed by atoms with Crippen molar-refractivity contribution < 1.29 is 0 Å². The predicted molar refractivity (Wildman–Crippen MR) is 221 cm³/mol. The number of nitrogens with zero attached hydrogens (tertiary/aromatic N) is 3. The van der Waals surface area contributed by atoms with E-state index in [4.69, 9.17) is 15.0 Å². The van der Waals surface area contributed by atoms with Crippen LogP contribution >= 0.6 is 11.8 Å². The van der Waals surface area contributed by atoms with Gasteiger partial charge in [-0.15, -0.1) is 0 Å². The molecule has 0 bridgehead atoms. The van der Waals surface area contributed by atoms with E-state index in [1.54, 1.807) is 0 Å². The molecule has 0 N–H and O–H groups in total. The first-order valence-corrected chi connectivity index (χ1v) is 19.1. The summed E-state index contributed by atoms with van der Waals surface area (Å²) in [6.07, 6.45) is 0. The predicted octanol–water partition coefficient (Wildman–Crippen LogP) is 12.5. The molecular weight excluding hydrogens is 675 g/mol. The van der Waals surface area contributed by atoms with Crippen LogP contribution in [0.5, 0.6) is 0 Å². The molecule has 54 heavy (non-hydrogen) atoms. The third-order valence-corrected chi connectivity index (χ3v) is 12.1. The Morgan fingerprint density at radius 3 is 1.52 bits per heavy atom. The Bertz CT molecular complexity index is 2860. The minimum atomic E-state index is -0.519. The highest BCUT2D eigenvalue weighted by Gasteiger charge is 2.51. The Hall–Kier alpha value is -6.62. The smallest absolute Gasteiger partial charge is 0.165 e. The van der Waals surface area contributed by atoms with Gasteiger partial charge in [0.2, 0.25) is 0 Å². The lowest BCUT2D eigenvalue weighted by Gasteiger charge is -2.39. The monoisotopic (exact) mass is 705 g/mol. The van der Waals surface area contributed by atoms with E-state index in [1.165, 1.54) is 48.7 Å². The summed E-state index contributed by atoms with van der Waals surface area (Å²) in [7, 11) is 0. The van der Waals surface area contributed by atoms with Crippen molar-refractivity contribution in [2.75, 3.05) is 0 Å².